The first-order valence-electron chi connectivity index (χ1n) is 14.8. The smallest absolute Gasteiger partial charge is 0.311 e. The normalized spacial score (nSPS) is 14.0. The van der Waals surface area contributed by atoms with Crippen LogP contribution < -0.4 is 10.2 Å². The summed E-state index contributed by atoms with van der Waals surface area (Å²) < 4.78 is 41.2. The van der Waals surface area contributed by atoms with Gasteiger partial charge in [-0.1, -0.05) is 29.8 Å². The van der Waals surface area contributed by atoms with Gasteiger partial charge in [0.15, 0.2) is 0 Å². The summed E-state index contributed by atoms with van der Waals surface area (Å²) in [6.45, 7) is 4.20. The third-order valence-corrected chi connectivity index (χ3v) is 7.59. The van der Waals surface area contributed by atoms with E-state index in [9.17, 15) is 22.8 Å². The van der Waals surface area contributed by atoms with Gasteiger partial charge in [-0.15, -0.1) is 5.10 Å². The lowest BCUT2D eigenvalue weighted by atomic mass is 10.1. The number of alkyl halides is 3. The molecule has 1 fully saturated rings. The maximum Gasteiger partial charge on any atom is 0.416 e. The van der Waals surface area contributed by atoms with Crippen molar-refractivity contribution in [3.63, 3.8) is 0 Å². The van der Waals surface area contributed by atoms with E-state index < -0.39 is 23.6 Å². The second-order valence-electron chi connectivity index (χ2n) is 10.9. The van der Waals surface area contributed by atoms with Gasteiger partial charge in [-0.2, -0.15) is 13.2 Å². The molecule has 0 spiro atoms. The third kappa shape index (κ3) is 8.63. The molecular weight excluding hydrogens is 583 g/mol. The summed E-state index contributed by atoms with van der Waals surface area (Å²) in [4.78, 5) is 33.5. The highest BCUT2D eigenvalue weighted by Crippen LogP contribution is 2.31. The SMILES string of the molecule is CN(C(=O)c1cccc(C=CC(=O)Nc2ccc(-c3cn(CCCN4CCCCC4)nn3)cn2)c1)c1cccc(C(F)(F)F)c1. The summed E-state index contributed by atoms with van der Waals surface area (Å²) in [7, 11) is 1.41. The van der Waals surface area contributed by atoms with Crippen LogP contribution in [0.3, 0.4) is 0 Å². The van der Waals surface area contributed by atoms with Gasteiger partial charge in [0, 0.05) is 42.7 Å². The molecule has 1 aliphatic rings. The van der Waals surface area contributed by atoms with Crippen LogP contribution in [-0.4, -0.2) is 63.4 Å². The molecular formula is C33H34F3N7O2. The Kier molecular flexibility index (Phi) is 10.0. The molecule has 5 rings (SSSR count). The van der Waals surface area contributed by atoms with Crippen LogP contribution in [0.4, 0.5) is 24.7 Å². The molecule has 0 unspecified atom stereocenters. The van der Waals surface area contributed by atoms with Gasteiger partial charge in [0.25, 0.3) is 5.91 Å². The number of hydrogen-bond donors (Lipinski definition) is 1. The van der Waals surface area contributed by atoms with E-state index >= 15 is 0 Å². The van der Waals surface area contributed by atoms with Crippen molar-refractivity contribution in [2.45, 2.75) is 38.4 Å². The van der Waals surface area contributed by atoms with Crippen molar-refractivity contribution >= 4 is 29.4 Å². The Morgan fingerprint density at radius 2 is 1.80 bits per heavy atom. The first kappa shape index (κ1) is 31.6. The Balaban J connectivity index is 1.14. The summed E-state index contributed by atoms with van der Waals surface area (Å²) in [5.74, 6) is -0.558. The van der Waals surface area contributed by atoms with Crippen LogP contribution in [0, 0.1) is 0 Å². The number of halogens is 3. The highest BCUT2D eigenvalue weighted by atomic mass is 19.4. The molecule has 1 aliphatic heterocycles. The van der Waals surface area contributed by atoms with Gasteiger partial charge in [-0.05, 0) is 93.0 Å². The molecule has 0 aliphatic carbocycles. The Morgan fingerprint density at radius 1 is 1.00 bits per heavy atom. The predicted octanol–water partition coefficient (Wildman–Crippen LogP) is 6.16. The van der Waals surface area contributed by atoms with Crippen LogP contribution in [0.1, 0.15) is 47.2 Å². The number of carbonyl (C=O) groups excluding carboxylic acids is 2. The van der Waals surface area contributed by atoms with Crippen LogP contribution >= 0.6 is 0 Å². The minimum absolute atomic E-state index is 0.113. The number of anilines is 2. The van der Waals surface area contributed by atoms with Crippen LogP contribution in [0.15, 0.2) is 79.1 Å². The molecule has 3 heterocycles. The van der Waals surface area contributed by atoms with Crippen LogP contribution in [0.5, 0.6) is 0 Å². The zero-order valence-corrected chi connectivity index (χ0v) is 24.9. The minimum atomic E-state index is -4.52. The lowest BCUT2D eigenvalue weighted by Crippen LogP contribution is -2.31. The fourth-order valence-corrected chi connectivity index (χ4v) is 5.12. The molecule has 0 bridgehead atoms. The van der Waals surface area contributed by atoms with E-state index in [0.29, 0.717) is 17.1 Å². The number of pyridine rings is 1. The van der Waals surface area contributed by atoms with Crippen molar-refractivity contribution in [3.05, 3.63) is 95.8 Å². The monoisotopic (exact) mass is 617 g/mol. The highest BCUT2D eigenvalue weighted by molar-refractivity contribution is 6.06. The van der Waals surface area contributed by atoms with Crippen molar-refractivity contribution in [1.82, 2.24) is 24.9 Å². The third-order valence-electron chi connectivity index (χ3n) is 7.59. The molecule has 4 aromatic rings. The Bertz CT molecular complexity index is 1640. The first-order chi connectivity index (χ1) is 21.7. The van der Waals surface area contributed by atoms with E-state index in [0.717, 1.165) is 42.1 Å². The standard InChI is InChI=1S/C33H34F3N7O2/c1-41(28-11-6-10-27(21-28)33(34,35)36)32(45)25-9-5-8-24(20-25)12-15-31(44)38-30-14-13-26(22-37-30)29-23-43(40-39-29)19-7-18-42-16-3-2-4-17-42/h5-6,8-15,20-23H,2-4,7,16-19H2,1H3,(H,37,38,44). The summed E-state index contributed by atoms with van der Waals surface area (Å²) in [5.41, 5.74) is 1.58. The first-order valence-corrected chi connectivity index (χ1v) is 14.8. The number of nitrogens with zero attached hydrogens (tertiary/aromatic N) is 6. The Morgan fingerprint density at radius 3 is 2.56 bits per heavy atom. The van der Waals surface area contributed by atoms with E-state index in [-0.39, 0.29) is 11.3 Å². The van der Waals surface area contributed by atoms with Crippen molar-refractivity contribution in [1.29, 1.82) is 0 Å². The summed E-state index contributed by atoms with van der Waals surface area (Å²) in [5, 5.41) is 11.2. The van der Waals surface area contributed by atoms with Crippen LogP contribution in [0.25, 0.3) is 17.3 Å². The lowest BCUT2D eigenvalue weighted by Gasteiger charge is -2.26. The van der Waals surface area contributed by atoms with E-state index in [1.54, 1.807) is 36.5 Å². The van der Waals surface area contributed by atoms with Gasteiger partial charge in [-0.3, -0.25) is 14.3 Å². The summed E-state index contributed by atoms with van der Waals surface area (Å²) in [6.07, 6.45) is 6.73. The van der Waals surface area contributed by atoms with Crippen LogP contribution in [0.2, 0.25) is 0 Å². The van der Waals surface area contributed by atoms with Gasteiger partial charge in [0.2, 0.25) is 5.91 Å². The molecule has 2 aromatic carbocycles. The van der Waals surface area contributed by atoms with Gasteiger partial charge in [0.1, 0.15) is 11.5 Å². The average molecular weight is 618 g/mol. The van der Waals surface area contributed by atoms with Gasteiger partial charge in [0.05, 0.1) is 11.8 Å². The number of likely N-dealkylation sites (tertiary alicyclic amines) is 1. The Labute approximate surface area is 259 Å². The molecule has 2 amide bonds. The number of piperidine rings is 1. The molecule has 234 valence electrons. The molecule has 0 saturated carbocycles. The number of rotatable bonds is 10. The van der Waals surface area contributed by atoms with E-state index in [4.69, 9.17) is 0 Å². The lowest BCUT2D eigenvalue weighted by molar-refractivity contribution is -0.137. The van der Waals surface area contributed by atoms with Gasteiger partial charge in [-0.25, -0.2) is 4.98 Å². The van der Waals surface area contributed by atoms with Gasteiger partial charge >= 0.3 is 6.18 Å². The molecule has 45 heavy (non-hydrogen) atoms. The van der Waals surface area contributed by atoms with Gasteiger partial charge < -0.3 is 15.1 Å². The molecule has 0 radical (unpaired) electrons. The van der Waals surface area contributed by atoms with E-state index in [2.05, 4.69) is 25.5 Å². The molecule has 1 saturated heterocycles. The van der Waals surface area contributed by atoms with E-state index in [1.807, 2.05) is 16.9 Å². The molecule has 1 N–H and O–H groups in total. The summed E-state index contributed by atoms with van der Waals surface area (Å²) in [6, 6.07) is 14.5. The molecule has 0 atom stereocenters. The molecule has 2 aromatic heterocycles. The zero-order chi connectivity index (χ0) is 31.8. The number of nitrogens with one attached hydrogen (secondary N) is 1. The van der Waals surface area contributed by atoms with E-state index in [1.165, 1.54) is 63.7 Å². The number of aryl methyl sites for hydroxylation is 1. The second-order valence-corrected chi connectivity index (χ2v) is 10.9. The minimum Gasteiger partial charge on any atom is -0.311 e. The Hall–Kier alpha value is -4.84. The largest absolute Gasteiger partial charge is 0.416 e. The van der Waals surface area contributed by atoms with Crippen LogP contribution in [-0.2, 0) is 17.5 Å². The maximum atomic E-state index is 13.1. The number of carbonyl (C=O) groups is 2. The van der Waals surface area contributed by atoms with Crippen molar-refractivity contribution in [3.8, 4) is 11.3 Å². The summed E-state index contributed by atoms with van der Waals surface area (Å²) >= 11 is 0. The number of hydrogen-bond acceptors (Lipinski definition) is 6. The molecule has 9 nitrogen and oxygen atoms in total. The maximum absolute atomic E-state index is 13.1. The topological polar surface area (TPSA) is 96.2 Å². The highest BCUT2D eigenvalue weighted by Gasteiger charge is 2.31. The fourth-order valence-electron chi connectivity index (χ4n) is 5.12. The zero-order valence-electron chi connectivity index (χ0n) is 24.9. The van der Waals surface area contributed by atoms with Crippen molar-refractivity contribution < 1.29 is 22.8 Å². The number of benzene rings is 2. The number of aromatic nitrogens is 4. The van der Waals surface area contributed by atoms with Crippen molar-refractivity contribution in [2.24, 2.45) is 0 Å². The quantitative estimate of drug-likeness (QED) is 0.214. The fraction of sp³-hybridized carbons (Fsp3) is 0.303. The predicted molar refractivity (Wildman–Crippen MR) is 166 cm³/mol. The second kappa shape index (κ2) is 14.3. The number of amides is 2. The van der Waals surface area contributed by atoms with Crippen molar-refractivity contribution in [2.75, 3.05) is 36.9 Å². The average Bonchev–Trinajstić information content (AvgIpc) is 3.53. The molecule has 12 heteroatoms.